The number of rotatable bonds is 4. The summed E-state index contributed by atoms with van der Waals surface area (Å²) < 4.78 is 18.3. The number of urea groups is 1. The molecule has 1 aromatic rings. The van der Waals surface area contributed by atoms with Crippen molar-refractivity contribution in [3.8, 4) is 0 Å². The Bertz CT molecular complexity index is 594. The van der Waals surface area contributed by atoms with Crippen LogP contribution in [0.25, 0.3) is 0 Å². The Morgan fingerprint density at radius 2 is 1.80 bits per heavy atom. The number of carbonyl (C=O) groups is 2. The third kappa shape index (κ3) is 4.69. The van der Waals surface area contributed by atoms with Crippen LogP contribution in [0.2, 0.25) is 0 Å². The highest BCUT2D eigenvalue weighted by molar-refractivity contribution is 5.81. The highest BCUT2D eigenvalue weighted by atomic mass is 19.1. The first-order valence-electron chi connectivity index (χ1n) is 8.81. The second-order valence-corrected chi connectivity index (χ2v) is 6.42. The molecule has 136 valence electrons. The molecule has 2 aliphatic heterocycles. The topological polar surface area (TPSA) is 61.9 Å². The van der Waals surface area contributed by atoms with Crippen molar-refractivity contribution in [1.29, 1.82) is 0 Å². The molecule has 3 rings (SSSR count). The number of piperazine rings is 1. The molecule has 7 heteroatoms. The van der Waals surface area contributed by atoms with Crippen molar-refractivity contribution in [2.75, 3.05) is 39.3 Å². The molecule has 6 nitrogen and oxygen atoms in total. The van der Waals surface area contributed by atoms with Gasteiger partial charge in [0, 0.05) is 39.3 Å². The first-order chi connectivity index (χ1) is 12.1. The molecular formula is C18H24FN3O3. The lowest BCUT2D eigenvalue weighted by atomic mass is 10.1. The molecule has 1 aromatic carbocycles. The number of nitrogens with zero attached hydrogens (tertiary/aromatic N) is 2. The van der Waals surface area contributed by atoms with Crippen molar-refractivity contribution >= 4 is 11.9 Å². The van der Waals surface area contributed by atoms with Crippen LogP contribution in [0.1, 0.15) is 18.4 Å². The maximum atomic E-state index is 12.9. The molecule has 25 heavy (non-hydrogen) atoms. The SMILES string of the molecule is O=C(NCCc1ccc(F)cc1)N1CCN(C(=O)[C@H]2CCCO2)CC1. The summed E-state index contributed by atoms with van der Waals surface area (Å²) in [5.41, 5.74) is 0.980. The molecule has 0 unspecified atom stereocenters. The summed E-state index contributed by atoms with van der Waals surface area (Å²) in [6.07, 6.45) is 2.09. The minimum absolute atomic E-state index is 0.0499. The Morgan fingerprint density at radius 1 is 1.12 bits per heavy atom. The number of halogens is 1. The fourth-order valence-electron chi connectivity index (χ4n) is 3.18. The van der Waals surface area contributed by atoms with Gasteiger partial charge < -0.3 is 19.9 Å². The van der Waals surface area contributed by atoms with Crippen molar-refractivity contribution in [3.63, 3.8) is 0 Å². The van der Waals surface area contributed by atoms with Crippen LogP contribution in [-0.4, -0.2) is 67.2 Å². The zero-order valence-electron chi connectivity index (χ0n) is 14.2. The van der Waals surface area contributed by atoms with Crippen LogP contribution in [0.3, 0.4) is 0 Å². The smallest absolute Gasteiger partial charge is 0.317 e. The summed E-state index contributed by atoms with van der Waals surface area (Å²) in [5, 5.41) is 2.88. The molecule has 2 fully saturated rings. The highest BCUT2D eigenvalue weighted by Crippen LogP contribution is 2.16. The quantitative estimate of drug-likeness (QED) is 0.894. The molecule has 0 bridgehead atoms. The van der Waals surface area contributed by atoms with E-state index in [4.69, 9.17) is 4.74 Å². The molecule has 0 aliphatic carbocycles. The zero-order valence-corrected chi connectivity index (χ0v) is 14.2. The van der Waals surface area contributed by atoms with Crippen LogP contribution in [-0.2, 0) is 16.0 Å². The van der Waals surface area contributed by atoms with Crippen LogP contribution in [0.15, 0.2) is 24.3 Å². The molecule has 0 spiro atoms. The van der Waals surface area contributed by atoms with Gasteiger partial charge in [-0.2, -0.15) is 0 Å². The highest BCUT2D eigenvalue weighted by Gasteiger charge is 2.31. The van der Waals surface area contributed by atoms with Crippen molar-refractivity contribution < 1.29 is 18.7 Å². The summed E-state index contributed by atoms with van der Waals surface area (Å²) in [5.74, 6) is -0.211. The number of ether oxygens (including phenoxy) is 1. The van der Waals surface area contributed by atoms with Crippen LogP contribution in [0, 0.1) is 5.82 Å². The van der Waals surface area contributed by atoms with Gasteiger partial charge in [-0.3, -0.25) is 4.79 Å². The van der Waals surface area contributed by atoms with E-state index in [1.54, 1.807) is 21.9 Å². The van der Waals surface area contributed by atoms with E-state index in [0.717, 1.165) is 18.4 Å². The lowest BCUT2D eigenvalue weighted by molar-refractivity contribution is -0.142. The predicted molar refractivity (Wildman–Crippen MR) is 90.6 cm³/mol. The zero-order chi connectivity index (χ0) is 17.6. The van der Waals surface area contributed by atoms with Gasteiger partial charge in [-0.05, 0) is 37.0 Å². The van der Waals surface area contributed by atoms with Gasteiger partial charge >= 0.3 is 6.03 Å². The third-order valence-corrected chi connectivity index (χ3v) is 4.69. The molecule has 2 aliphatic rings. The second kappa shape index (κ2) is 8.29. The molecular weight excluding hydrogens is 325 g/mol. The van der Waals surface area contributed by atoms with Gasteiger partial charge in [0.25, 0.3) is 5.91 Å². The van der Waals surface area contributed by atoms with E-state index in [1.165, 1.54) is 12.1 Å². The summed E-state index contributed by atoms with van der Waals surface area (Å²) in [4.78, 5) is 28.0. The Balaban J connectivity index is 1.37. The van der Waals surface area contributed by atoms with E-state index in [1.807, 2.05) is 0 Å². The fraction of sp³-hybridized carbons (Fsp3) is 0.556. The van der Waals surface area contributed by atoms with Crippen LogP contribution >= 0.6 is 0 Å². The first kappa shape index (κ1) is 17.7. The van der Waals surface area contributed by atoms with Gasteiger partial charge in [0.2, 0.25) is 0 Å². The normalized spacial score (nSPS) is 20.6. The number of amides is 3. The van der Waals surface area contributed by atoms with Crippen molar-refractivity contribution in [2.24, 2.45) is 0 Å². The van der Waals surface area contributed by atoms with Crippen molar-refractivity contribution in [2.45, 2.75) is 25.4 Å². The molecule has 3 amide bonds. The van der Waals surface area contributed by atoms with Gasteiger partial charge in [0.15, 0.2) is 0 Å². The van der Waals surface area contributed by atoms with Gasteiger partial charge in [-0.1, -0.05) is 12.1 Å². The van der Waals surface area contributed by atoms with Crippen molar-refractivity contribution in [3.05, 3.63) is 35.6 Å². The Labute approximate surface area is 146 Å². The first-order valence-corrected chi connectivity index (χ1v) is 8.81. The molecule has 2 saturated heterocycles. The Morgan fingerprint density at radius 3 is 2.44 bits per heavy atom. The van der Waals surface area contributed by atoms with E-state index in [9.17, 15) is 14.0 Å². The lowest BCUT2D eigenvalue weighted by Crippen LogP contribution is -2.55. The molecule has 0 radical (unpaired) electrons. The number of carbonyl (C=O) groups excluding carboxylic acids is 2. The number of hydrogen-bond acceptors (Lipinski definition) is 3. The second-order valence-electron chi connectivity index (χ2n) is 6.42. The Kier molecular flexibility index (Phi) is 5.86. The maximum absolute atomic E-state index is 12.9. The largest absolute Gasteiger partial charge is 0.368 e. The molecule has 2 heterocycles. The van der Waals surface area contributed by atoms with Gasteiger partial charge in [0.05, 0.1) is 0 Å². The van der Waals surface area contributed by atoms with Gasteiger partial charge in [0.1, 0.15) is 11.9 Å². The number of nitrogens with one attached hydrogen (secondary N) is 1. The lowest BCUT2D eigenvalue weighted by Gasteiger charge is -2.35. The average Bonchev–Trinajstić information content (AvgIpc) is 3.17. The fourth-order valence-corrected chi connectivity index (χ4v) is 3.18. The van der Waals surface area contributed by atoms with E-state index in [-0.39, 0.29) is 23.9 Å². The van der Waals surface area contributed by atoms with Gasteiger partial charge in [-0.15, -0.1) is 0 Å². The van der Waals surface area contributed by atoms with E-state index >= 15 is 0 Å². The van der Waals surface area contributed by atoms with E-state index in [0.29, 0.717) is 45.8 Å². The number of hydrogen-bond donors (Lipinski definition) is 1. The summed E-state index contributed by atoms with van der Waals surface area (Å²) in [7, 11) is 0. The van der Waals surface area contributed by atoms with Crippen LogP contribution in [0.4, 0.5) is 9.18 Å². The summed E-state index contributed by atoms with van der Waals surface area (Å²) >= 11 is 0. The maximum Gasteiger partial charge on any atom is 0.317 e. The van der Waals surface area contributed by atoms with E-state index < -0.39 is 0 Å². The van der Waals surface area contributed by atoms with Crippen LogP contribution < -0.4 is 5.32 Å². The average molecular weight is 349 g/mol. The molecule has 0 aromatic heterocycles. The van der Waals surface area contributed by atoms with Crippen LogP contribution in [0.5, 0.6) is 0 Å². The van der Waals surface area contributed by atoms with E-state index in [2.05, 4.69) is 5.32 Å². The molecule has 1 atom stereocenters. The summed E-state index contributed by atoms with van der Waals surface area (Å²) in [6.45, 7) is 3.31. The minimum atomic E-state index is -0.295. The predicted octanol–water partition coefficient (Wildman–Crippen LogP) is 1.40. The summed E-state index contributed by atoms with van der Waals surface area (Å²) in [6, 6.07) is 6.16. The standard InChI is InChI=1S/C18H24FN3O3/c19-15-5-3-14(4-6-15)7-8-20-18(24)22-11-9-21(10-12-22)17(23)16-2-1-13-25-16/h3-6,16H,1-2,7-13H2,(H,20,24)/t16-/m1/s1. The minimum Gasteiger partial charge on any atom is -0.368 e. The Hall–Kier alpha value is -2.15. The van der Waals surface area contributed by atoms with Gasteiger partial charge in [-0.25, -0.2) is 9.18 Å². The monoisotopic (exact) mass is 349 g/mol. The van der Waals surface area contributed by atoms with Crippen molar-refractivity contribution in [1.82, 2.24) is 15.1 Å². The molecule has 1 N–H and O–H groups in total. The third-order valence-electron chi connectivity index (χ3n) is 4.69. The number of benzene rings is 1. The molecule has 0 saturated carbocycles.